The van der Waals surface area contributed by atoms with Crippen LogP contribution in [-0.2, 0) is 11.3 Å². The summed E-state index contributed by atoms with van der Waals surface area (Å²) in [4.78, 5) is 18.2. The van der Waals surface area contributed by atoms with E-state index in [1.54, 1.807) is 0 Å². The lowest BCUT2D eigenvalue weighted by Gasteiger charge is -2.17. The highest BCUT2D eigenvalue weighted by atomic mass is 16.2. The summed E-state index contributed by atoms with van der Waals surface area (Å²) in [7, 11) is 1.92. The van der Waals surface area contributed by atoms with Gasteiger partial charge in [0, 0.05) is 23.5 Å². The summed E-state index contributed by atoms with van der Waals surface area (Å²) in [5.74, 6) is 0.607. The van der Waals surface area contributed by atoms with Crippen LogP contribution in [0.2, 0.25) is 0 Å². The number of anilines is 1. The van der Waals surface area contributed by atoms with Gasteiger partial charge < -0.3 is 11.1 Å². The smallest absolute Gasteiger partial charge is 0.234 e. The Kier molecular flexibility index (Phi) is 3.75. The molecule has 3 rings (SSSR count). The number of carbonyl (C=O) groups is 1. The minimum Gasteiger partial charge on any atom is -0.383 e. The minimum absolute atomic E-state index is 0.0762. The van der Waals surface area contributed by atoms with Crippen molar-refractivity contribution >= 4 is 22.6 Å². The van der Waals surface area contributed by atoms with Crippen molar-refractivity contribution in [1.82, 2.24) is 15.2 Å². The molecule has 1 aliphatic rings. The van der Waals surface area contributed by atoms with Gasteiger partial charge in [0.05, 0.1) is 12.1 Å². The Morgan fingerprint density at radius 2 is 2.19 bits per heavy atom. The van der Waals surface area contributed by atoms with Gasteiger partial charge in [-0.1, -0.05) is 18.2 Å². The van der Waals surface area contributed by atoms with E-state index in [2.05, 4.69) is 10.3 Å². The lowest BCUT2D eigenvalue weighted by molar-refractivity contribution is -0.122. The molecule has 2 aromatic rings. The summed E-state index contributed by atoms with van der Waals surface area (Å²) in [6.07, 6.45) is 2.22. The van der Waals surface area contributed by atoms with Crippen molar-refractivity contribution in [1.29, 1.82) is 0 Å². The van der Waals surface area contributed by atoms with E-state index in [-0.39, 0.29) is 5.91 Å². The fourth-order valence-corrected chi connectivity index (χ4v) is 2.39. The fraction of sp³-hybridized carbons (Fsp3) is 0.375. The second-order valence-corrected chi connectivity index (χ2v) is 5.74. The zero-order valence-electron chi connectivity index (χ0n) is 12.2. The molecule has 5 nitrogen and oxygen atoms in total. The van der Waals surface area contributed by atoms with E-state index in [0.717, 1.165) is 29.3 Å². The first kappa shape index (κ1) is 13.8. The SMILES string of the molecule is CN(CC(=O)NC1CC1)Cc1cc2ccccc2nc1N. The average molecular weight is 284 g/mol. The van der Waals surface area contributed by atoms with Crippen molar-refractivity contribution in [2.45, 2.75) is 25.4 Å². The molecule has 1 aliphatic carbocycles. The van der Waals surface area contributed by atoms with Gasteiger partial charge in [0.15, 0.2) is 0 Å². The Morgan fingerprint density at radius 1 is 1.43 bits per heavy atom. The highest BCUT2D eigenvalue weighted by Gasteiger charge is 2.23. The van der Waals surface area contributed by atoms with Gasteiger partial charge in [-0.2, -0.15) is 0 Å². The van der Waals surface area contributed by atoms with E-state index < -0.39 is 0 Å². The van der Waals surface area contributed by atoms with E-state index in [1.807, 2.05) is 42.3 Å². The van der Waals surface area contributed by atoms with Crippen LogP contribution in [0.25, 0.3) is 10.9 Å². The molecule has 1 fully saturated rings. The van der Waals surface area contributed by atoms with Crippen LogP contribution in [0.3, 0.4) is 0 Å². The highest BCUT2D eigenvalue weighted by Crippen LogP contribution is 2.20. The molecule has 0 bridgehead atoms. The third-order valence-electron chi connectivity index (χ3n) is 3.63. The number of aromatic nitrogens is 1. The fourth-order valence-electron chi connectivity index (χ4n) is 2.39. The third-order valence-corrected chi connectivity index (χ3v) is 3.63. The maximum absolute atomic E-state index is 11.8. The van der Waals surface area contributed by atoms with Crippen molar-refractivity contribution in [2.75, 3.05) is 19.3 Å². The van der Waals surface area contributed by atoms with E-state index in [0.29, 0.717) is 24.9 Å². The minimum atomic E-state index is 0.0762. The molecule has 0 aliphatic heterocycles. The Morgan fingerprint density at radius 3 is 2.95 bits per heavy atom. The number of hydrogen-bond acceptors (Lipinski definition) is 4. The van der Waals surface area contributed by atoms with Gasteiger partial charge in [0.25, 0.3) is 0 Å². The number of fused-ring (bicyclic) bond motifs is 1. The van der Waals surface area contributed by atoms with Crippen LogP contribution in [0.4, 0.5) is 5.82 Å². The molecular weight excluding hydrogens is 264 g/mol. The van der Waals surface area contributed by atoms with E-state index >= 15 is 0 Å². The number of nitrogens with one attached hydrogen (secondary N) is 1. The second-order valence-electron chi connectivity index (χ2n) is 5.74. The largest absolute Gasteiger partial charge is 0.383 e. The van der Waals surface area contributed by atoms with Crippen LogP contribution in [-0.4, -0.2) is 35.4 Å². The normalized spacial score (nSPS) is 14.6. The van der Waals surface area contributed by atoms with Crippen molar-refractivity contribution in [3.05, 3.63) is 35.9 Å². The zero-order valence-corrected chi connectivity index (χ0v) is 12.2. The number of likely N-dealkylation sites (N-methyl/N-ethyl adjacent to an activating group) is 1. The molecule has 0 saturated heterocycles. The summed E-state index contributed by atoms with van der Waals surface area (Å²) in [6.45, 7) is 0.991. The van der Waals surface area contributed by atoms with Crippen LogP contribution >= 0.6 is 0 Å². The molecule has 5 heteroatoms. The summed E-state index contributed by atoms with van der Waals surface area (Å²) < 4.78 is 0. The molecule has 1 aromatic carbocycles. The van der Waals surface area contributed by atoms with E-state index in [1.165, 1.54) is 0 Å². The summed E-state index contributed by atoms with van der Waals surface area (Å²) >= 11 is 0. The molecule has 1 saturated carbocycles. The molecule has 1 aromatic heterocycles. The van der Waals surface area contributed by atoms with Gasteiger partial charge in [0.1, 0.15) is 5.82 Å². The Balaban J connectivity index is 1.68. The van der Waals surface area contributed by atoms with Crippen molar-refractivity contribution in [3.63, 3.8) is 0 Å². The van der Waals surface area contributed by atoms with Gasteiger partial charge >= 0.3 is 0 Å². The first-order valence-electron chi connectivity index (χ1n) is 7.24. The van der Waals surface area contributed by atoms with E-state index in [9.17, 15) is 4.79 Å². The van der Waals surface area contributed by atoms with Crippen LogP contribution in [0.15, 0.2) is 30.3 Å². The quantitative estimate of drug-likeness (QED) is 0.873. The molecule has 110 valence electrons. The number of pyridine rings is 1. The lowest BCUT2D eigenvalue weighted by Crippen LogP contribution is -2.36. The highest BCUT2D eigenvalue weighted by molar-refractivity contribution is 5.81. The number of amides is 1. The molecule has 1 heterocycles. The number of hydrogen-bond donors (Lipinski definition) is 2. The number of nitrogens with two attached hydrogens (primary N) is 1. The molecule has 0 atom stereocenters. The first-order chi connectivity index (χ1) is 10.1. The summed E-state index contributed by atoms with van der Waals surface area (Å²) in [5.41, 5.74) is 7.87. The number of carbonyl (C=O) groups excluding carboxylic acids is 1. The second kappa shape index (κ2) is 5.69. The Hall–Kier alpha value is -2.14. The predicted molar refractivity (Wildman–Crippen MR) is 83.7 cm³/mol. The van der Waals surface area contributed by atoms with Gasteiger partial charge in [-0.05, 0) is 32.0 Å². The standard InChI is InChI=1S/C16H20N4O/c1-20(10-15(21)18-13-6-7-13)9-12-8-11-4-2-3-5-14(11)19-16(12)17/h2-5,8,13H,6-7,9-10H2,1H3,(H2,17,19)(H,18,21). The van der Waals surface area contributed by atoms with Gasteiger partial charge in [-0.15, -0.1) is 0 Å². The Labute approximate surface area is 124 Å². The van der Waals surface area contributed by atoms with Gasteiger partial charge in [0.2, 0.25) is 5.91 Å². The van der Waals surface area contributed by atoms with Crippen LogP contribution < -0.4 is 11.1 Å². The van der Waals surface area contributed by atoms with Gasteiger partial charge in [-0.25, -0.2) is 4.98 Å². The third kappa shape index (κ3) is 3.49. The maximum atomic E-state index is 11.8. The Bertz CT molecular complexity index is 666. The monoisotopic (exact) mass is 284 g/mol. The number of benzene rings is 1. The molecular formula is C16H20N4O. The van der Waals surface area contributed by atoms with E-state index in [4.69, 9.17) is 5.73 Å². The molecule has 0 spiro atoms. The molecule has 3 N–H and O–H groups in total. The van der Waals surface area contributed by atoms with Crippen molar-refractivity contribution in [3.8, 4) is 0 Å². The number of para-hydroxylation sites is 1. The molecule has 1 amide bonds. The van der Waals surface area contributed by atoms with Crippen molar-refractivity contribution < 1.29 is 4.79 Å². The topological polar surface area (TPSA) is 71.2 Å². The van der Waals surface area contributed by atoms with Crippen LogP contribution in [0.5, 0.6) is 0 Å². The first-order valence-corrected chi connectivity index (χ1v) is 7.24. The number of nitrogen functional groups attached to an aromatic ring is 1. The number of nitrogens with zero attached hydrogens (tertiary/aromatic N) is 2. The summed E-state index contributed by atoms with van der Waals surface area (Å²) in [5, 5.41) is 4.05. The van der Waals surface area contributed by atoms with Gasteiger partial charge in [-0.3, -0.25) is 9.69 Å². The molecule has 0 unspecified atom stereocenters. The van der Waals surface area contributed by atoms with Crippen molar-refractivity contribution in [2.24, 2.45) is 0 Å². The average Bonchev–Trinajstić information content (AvgIpc) is 3.23. The lowest BCUT2D eigenvalue weighted by atomic mass is 10.1. The molecule has 21 heavy (non-hydrogen) atoms. The predicted octanol–water partition coefficient (Wildman–Crippen LogP) is 1.53. The summed E-state index contributed by atoms with van der Waals surface area (Å²) in [6, 6.07) is 10.3. The maximum Gasteiger partial charge on any atom is 0.234 e. The number of rotatable bonds is 5. The van der Waals surface area contributed by atoms with Crippen LogP contribution in [0.1, 0.15) is 18.4 Å². The zero-order chi connectivity index (χ0) is 14.8. The molecule has 0 radical (unpaired) electrons. The van der Waals surface area contributed by atoms with Crippen LogP contribution in [0, 0.1) is 0 Å².